The molecule has 1 aliphatic heterocycles. The normalized spacial score (nSPS) is 14.2. The van der Waals surface area contributed by atoms with E-state index < -0.39 is 0 Å². The van der Waals surface area contributed by atoms with Crippen LogP contribution in [0.25, 0.3) is 5.69 Å². The van der Waals surface area contributed by atoms with E-state index in [2.05, 4.69) is 28.1 Å². The number of ether oxygens (including phenoxy) is 2. The van der Waals surface area contributed by atoms with Crippen LogP contribution in [-0.4, -0.2) is 35.2 Å². The van der Waals surface area contributed by atoms with Gasteiger partial charge in [-0.25, -0.2) is 4.79 Å². The molecule has 0 radical (unpaired) electrons. The Bertz CT molecular complexity index is 1390. The van der Waals surface area contributed by atoms with Crippen molar-refractivity contribution in [1.29, 1.82) is 0 Å². The van der Waals surface area contributed by atoms with E-state index in [0.717, 1.165) is 33.8 Å². The number of anilines is 1. The number of fused-ring (bicyclic) bond motifs is 3. The summed E-state index contributed by atoms with van der Waals surface area (Å²) in [5.41, 5.74) is 5.56. The van der Waals surface area contributed by atoms with Gasteiger partial charge in [0.25, 0.3) is 0 Å². The Morgan fingerprint density at radius 3 is 2.43 bits per heavy atom. The number of nitrogens with zero attached hydrogens (tertiary/aromatic N) is 2. The predicted octanol–water partition coefficient (Wildman–Crippen LogP) is 5.73. The molecule has 0 spiro atoms. The molecule has 0 saturated carbocycles. The number of amides is 2. The van der Waals surface area contributed by atoms with Crippen LogP contribution < -0.4 is 10.1 Å². The van der Waals surface area contributed by atoms with Crippen LogP contribution in [0.3, 0.4) is 0 Å². The summed E-state index contributed by atoms with van der Waals surface area (Å²) in [6.07, 6.45) is 2.23. The lowest BCUT2D eigenvalue weighted by atomic mass is 10.0. The highest BCUT2D eigenvalue weighted by Crippen LogP contribution is 2.37. The summed E-state index contributed by atoms with van der Waals surface area (Å²) in [5.74, 6) is 0.489. The minimum Gasteiger partial charge on any atom is -0.497 e. The number of rotatable bonds is 6. The highest BCUT2D eigenvalue weighted by atomic mass is 16.5. The SMILES string of the molecule is CCOC(=O)Cc1ccc(NC(=O)N2Cc3ccccc3-n3cccc3C2c2ccc(OC)cc2)cc1. The molecule has 188 valence electrons. The van der Waals surface area contributed by atoms with Gasteiger partial charge in [-0.15, -0.1) is 0 Å². The van der Waals surface area contributed by atoms with Crippen LogP contribution in [0.4, 0.5) is 10.5 Å². The molecule has 7 heteroatoms. The number of hydrogen-bond acceptors (Lipinski definition) is 4. The van der Waals surface area contributed by atoms with Gasteiger partial charge in [0.2, 0.25) is 0 Å². The third kappa shape index (κ3) is 5.07. The lowest BCUT2D eigenvalue weighted by molar-refractivity contribution is -0.142. The quantitative estimate of drug-likeness (QED) is 0.347. The van der Waals surface area contributed by atoms with Crippen molar-refractivity contribution in [2.24, 2.45) is 0 Å². The second-order valence-corrected chi connectivity index (χ2v) is 8.84. The van der Waals surface area contributed by atoms with Crippen molar-refractivity contribution in [3.63, 3.8) is 0 Å². The fourth-order valence-corrected chi connectivity index (χ4v) is 4.76. The fourth-order valence-electron chi connectivity index (χ4n) is 4.76. The summed E-state index contributed by atoms with van der Waals surface area (Å²) in [6, 6.07) is 26.8. The van der Waals surface area contributed by atoms with E-state index in [-0.39, 0.29) is 24.5 Å². The molecule has 0 bridgehead atoms. The van der Waals surface area contributed by atoms with Crippen molar-refractivity contribution >= 4 is 17.7 Å². The van der Waals surface area contributed by atoms with Crippen molar-refractivity contribution in [3.8, 4) is 11.4 Å². The van der Waals surface area contributed by atoms with Gasteiger partial charge < -0.3 is 24.3 Å². The molecule has 1 atom stereocenters. The smallest absolute Gasteiger partial charge is 0.322 e. The van der Waals surface area contributed by atoms with Crippen LogP contribution >= 0.6 is 0 Å². The Morgan fingerprint density at radius 1 is 0.946 bits per heavy atom. The third-order valence-corrected chi connectivity index (χ3v) is 6.52. The molecule has 7 nitrogen and oxygen atoms in total. The lowest BCUT2D eigenvalue weighted by Gasteiger charge is -2.31. The maximum Gasteiger partial charge on any atom is 0.322 e. The minimum absolute atomic E-state index is 0.196. The summed E-state index contributed by atoms with van der Waals surface area (Å²) in [7, 11) is 1.64. The first-order chi connectivity index (χ1) is 18.1. The Labute approximate surface area is 216 Å². The Morgan fingerprint density at radius 2 is 1.70 bits per heavy atom. The summed E-state index contributed by atoms with van der Waals surface area (Å²) >= 11 is 0. The summed E-state index contributed by atoms with van der Waals surface area (Å²) in [6.45, 7) is 2.57. The zero-order valence-electron chi connectivity index (χ0n) is 20.9. The van der Waals surface area contributed by atoms with Crippen molar-refractivity contribution in [2.75, 3.05) is 19.0 Å². The van der Waals surface area contributed by atoms with Crippen LogP contribution in [0.1, 0.15) is 35.3 Å². The Hall–Kier alpha value is -4.52. The molecular weight excluding hydrogens is 466 g/mol. The minimum atomic E-state index is -0.323. The van der Waals surface area contributed by atoms with Crippen molar-refractivity contribution < 1.29 is 19.1 Å². The summed E-state index contributed by atoms with van der Waals surface area (Å²) in [4.78, 5) is 27.5. The highest BCUT2D eigenvalue weighted by molar-refractivity contribution is 5.90. The average Bonchev–Trinajstić information content (AvgIpc) is 3.34. The number of methoxy groups -OCH3 is 1. The Kier molecular flexibility index (Phi) is 6.94. The molecule has 1 aromatic heterocycles. The predicted molar refractivity (Wildman–Crippen MR) is 142 cm³/mol. The number of carbonyl (C=O) groups excluding carboxylic acids is 2. The molecule has 0 fully saturated rings. The molecule has 2 amide bonds. The number of nitrogens with one attached hydrogen (secondary N) is 1. The highest BCUT2D eigenvalue weighted by Gasteiger charge is 2.33. The second kappa shape index (κ2) is 10.6. The van der Waals surface area contributed by atoms with Crippen LogP contribution in [-0.2, 0) is 22.5 Å². The van der Waals surface area contributed by atoms with Gasteiger partial charge in [-0.2, -0.15) is 0 Å². The van der Waals surface area contributed by atoms with Gasteiger partial charge >= 0.3 is 12.0 Å². The third-order valence-electron chi connectivity index (χ3n) is 6.52. The fraction of sp³-hybridized carbons (Fsp3) is 0.200. The number of para-hydroxylation sites is 1. The van der Waals surface area contributed by atoms with Gasteiger partial charge in [0.15, 0.2) is 0 Å². The average molecular weight is 496 g/mol. The van der Waals surface area contributed by atoms with E-state index in [0.29, 0.717) is 18.8 Å². The number of carbonyl (C=O) groups is 2. The van der Waals surface area contributed by atoms with E-state index in [4.69, 9.17) is 9.47 Å². The van der Waals surface area contributed by atoms with Crippen molar-refractivity contribution in [2.45, 2.75) is 25.9 Å². The largest absolute Gasteiger partial charge is 0.497 e. The molecule has 2 heterocycles. The molecule has 4 aromatic rings. The molecule has 1 unspecified atom stereocenters. The molecule has 1 aliphatic rings. The lowest BCUT2D eigenvalue weighted by Crippen LogP contribution is -2.37. The Balaban J connectivity index is 1.48. The van der Waals surface area contributed by atoms with Gasteiger partial charge in [-0.1, -0.05) is 42.5 Å². The summed E-state index contributed by atoms with van der Waals surface area (Å²) in [5, 5.41) is 3.06. The van der Waals surface area contributed by atoms with Crippen molar-refractivity contribution in [1.82, 2.24) is 9.47 Å². The van der Waals surface area contributed by atoms with Gasteiger partial charge in [0, 0.05) is 17.6 Å². The van der Waals surface area contributed by atoms with Gasteiger partial charge in [-0.05, 0) is 66.1 Å². The van der Waals surface area contributed by atoms with E-state index in [1.807, 2.05) is 77.8 Å². The van der Waals surface area contributed by atoms with Crippen LogP contribution in [0.2, 0.25) is 0 Å². The first-order valence-electron chi connectivity index (χ1n) is 12.3. The molecule has 5 rings (SSSR count). The number of hydrogen-bond donors (Lipinski definition) is 1. The van der Waals surface area contributed by atoms with Gasteiger partial charge in [-0.3, -0.25) is 4.79 Å². The van der Waals surface area contributed by atoms with Crippen LogP contribution in [0.15, 0.2) is 91.1 Å². The second-order valence-electron chi connectivity index (χ2n) is 8.84. The number of aromatic nitrogens is 1. The zero-order valence-corrected chi connectivity index (χ0v) is 20.9. The number of urea groups is 1. The van der Waals surface area contributed by atoms with Crippen LogP contribution in [0.5, 0.6) is 5.75 Å². The molecule has 0 saturated heterocycles. The van der Waals surface area contributed by atoms with E-state index in [9.17, 15) is 9.59 Å². The molecule has 0 aliphatic carbocycles. The van der Waals surface area contributed by atoms with Gasteiger partial charge in [0.1, 0.15) is 5.75 Å². The van der Waals surface area contributed by atoms with Crippen molar-refractivity contribution in [3.05, 3.63) is 114 Å². The molecule has 3 aromatic carbocycles. The topological polar surface area (TPSA) is 72.8 Å². The molecular formula is C30H29N3O4. The maximum atomic E-state index is 13.8. The van der Waals surface area contributed by atoms with E-state index >= 15 is 0 Å². The standard InChI is InChI=1S/C30H29N3O4/c1-3-37-28(34)19-21-10-14-24(15-11-21)31-30(35)33-20-23-7-4-5-8-26(23)32-18-6-9-27(32)29(33)22-12-16-25(36-2)17-13-22/h4-18,29H,3,19-20H2,1-2H3,(H,31,35). The van der Waals surface area contributed by atoms with Gasteiger partial charge in [0.05, 0.1) is 38.4 Å². The van der Waals surface area contributed by atoms with Crippen LogP contribution in [0, 0.1) is 0 Å². The number of benzene rings is 3. The molecule has 37 heavy (non-hydrogen) atoms. The number of esters is 1. The maximum absolute atomic E-state index is 13.8. The first-order valence-corrected chi connectivity index (χ1v) is 12.3. The van der Waals surface area contributed by atoms with E-state index in [1.54, 1.807) is 14.0 Å². The monoisotopic (exact) mass is 495 g/mol. The zero-order chi connectivity index (χ0) is 25.8. The molecule has 1 N–H and O–H groups in total. The van der Waals surface area contributed by atoms with E-state index in [1.165, 1.54) is 0 Å². The summed E-state index contributed by atoms with van der Waals surface area (Å²) < 4.78 is 12.5. The first kappa shape index (κ1) is 24.2.